The summed E-state index contributed by atoms with van der Waals surface area (Å²) < 4.78 is 5.13. The Morgan fingerprint density at radius 3 is 2.56 bits per heavy atom. The van der Waals surface area contributed by atoms with E-state index < -0.39 is 0 Å². The molecule has 0 aromatic heterocycles. The summed E-state index contributed by atoms with van der Waals surface area (Å²) in [6.07, 6.45) is 0.469. The van der Waals surface area contributed by atoms with Crippen LogP contribution in [-0.2, 0) is 4.79 Å². The number of amides is 1. The minimum Gasteiger partial charge on any atom is -0.495 e. The Kier molecular flexibility index (Phi) is 5.48. The molecule has 18 heavy (non-hydrogen) atoms. The Morgan fingerprint density at radius 2 is 2.11 bits per heavy atom. The van der Waals surface area contributed by atoms with Crippen LogP contribution in [0.3, 0.4) is 0 Å². The molecule has 1 amide bonds. The lowest BCUT2D eigenvalue weighted by Gasteiger charge is -2.21. The molecule has 3 nitrogen and oxygen atoms in total. The van der Waals surface area contributed by atoms with Crippen molar-refractivity contribution in [1.82, 2.24) is 5.32 Å². The van der Waals surface area contributed by atoms with E-state index in [1.165, 1.54) is 0 Å². The third-order valence-corrected chi connectivity index (χ3v) is 3.39. The van der Waals surface area contributed by atoms with Crippen LogP contribution in [0.1, 0.15) is 31.7 Å². The van der Waals surface area contributed by atoms with E-state index in [9.17, 15) is 4.79 Å². The van der Waals surface area contributed by atoms with E-state index in [0.717, 1.165) is 5.56 Å². The predicted octanol–water partition coefficient (Wildman–Crippen LogP) is 3.22. The molecule has 0 saturated carbocycles. The SMILES string of the molecule is CNC(=O)CC(c1ccc(OC)c(Cl)c1)C(C)C. The molecular formula is C14H20ClNO2. The Morgan fingerprint density at radius 1 is 1.44 bits per heavy atom. The van der Waals surface area contributed by atoms with E-state index in [4.69, 9.17) is 16.3 Å². The highest BCUT2D eigenvalue weighted by molar-refractivity contribution is 6.32. The second-order valence-electron chi connectivity index (χ2n) is 4.62. The molecule has 100 valence electrons. The molecule has 4 heteroatoms. The maximum Gasteiger partial charge on any atom is 0.220 e. The van der Waals surface area contributed by atoms with Crippen LogP contribution in [0.15, 0.2) is 18.2 Å². The van der Waals surface area contributed by atoms with Gasteiger partial charge in [-0.25, -0.2) is 0 Å². The van der Waals surface area contributed by atoms with Crippen LogP contribution in [0, 0.1) is 5.92 Å². The molecule has 1 aromatic rings. The first-order valence-electron chi connectivity index (χ1n) is 6.03. The van der Waals surface area contributed by atoms with Crippen LogP contribution in [0.4, 0.5) is 0 Å². The van der Waals surface area contributed by atoms with Crippen molar-refractivity contribution in [2.45, 2.75) is 26.2 Å². The fourth-order valence-electron chi connectivity index (χ4n) is 1.95. The first kappa shape index (κ1) is 14.8. The van der Waals surface area contributed by atoms with Gasteiger partial charge in [0.15, 0.2) is 0 Å². The minimum absolute atomic E-state index is 0.0423. The molecule has 1 aromatic carbocycles. The zero-order valence-corrected chi connectivity index (χ0v) is 12.0. The fraction of sp³-hybridized carbons (Fsp3) is 0.500. The first-order chi connectivity index (χ1) is 8.49. The van der Waals surface area contributed by atoms with Gasteiger partial charge < -0.3 is 10.1 Å². The van der Waals surface area contributed by atoms with Crippen LogP contribution in [0.25, 0.3) is 0 Å². The lowest BCUT2D eigenvalue weighted by molar-refractivity contribution is -0.121. The van der Waals surface area contributed by atoms with Gasteiger partial charge in [-0.3, -0.25) is 4.79 Å². The van der Waals surface area contributed by atoms with Crippen LogP contribution in [0.2, 0.25) is 5.02 Å². The van der Waals surface area contributed by atoms with Crippen molar-refractivity contribution < 1.29 is 9.53 Å². The van der Waals surface area contributed by atoms with Gasteiger partial charge in [0.05, 0.1) is 12.1 Å². The molecule has 1 unspecified atom stereocenters. The van der Waals surface area contributed by atoms with E-state index in [-0.39, 0.29) is 11.8 Å². The minimum atomic E-state index is 0.0423. The number of hydrogen-bond acceptors (Lipinski definition) is 2. The fourth-order valence-corrected chi connectivity index (χ4v) is 2.22. The molecule has 0 bridgehead atoms. The standard InChI is InChI=1S/C14H20ClNO2/c1-9(2)11(8-14(17)16-3)10-5-6-13(18-4)12(15)7-10/h5-7,9,11H,8H2,1-4H3,(H,16,17). The monoisotopic (exact) mass is 269 g/mol. The molecule has 1 N–H and O–H groups in total. The molecule has 0 saturated heterocycles. The molecule has 0 aliphatic carbocycles. The molecule has 0 aliphatic heterocycles. The summed E-state index contributed by atoms with van der Waals surface area (Å²) in [5.74, 6) is 1.23. The number of rotatable bonds is 5. The van der Waals surface area contributed by atoms with Gasteiger partial charge in [-0.05, 0) is 29.5 Å². The number of benzene rings is 1. The normalized spacial score (nSPS) is 12.3. The summed E-state index contributed by atoms with van der Waals surface area (Å²) in [6, 6.07) is 5.70. The topological polar surface area (TPSA) is 38.3 Å². The van der Waals surface area contributed by atoms with Crippen LogP contribution < -0.4 is 10.1 Å². The van der Waals surface area contributed by atoms with Gasteiger partial charge in [-0.1, -0.05) is 31.5 Å². The summed E-state index contributed by atoms with van der Waals surface area (Å²) in [7, 11) is 3.24. The smallest absolute Gasteiger partial charge is 0.220 e. The zero-order valence-electron chi connectivity index (χ0n) is 11.3. The average molecular weight is 270 g/mol. The van der Waals surface area contributed by atoms with Crippen molar-refractivity contribution in [2.75, 3.05) is 14.2 Å². The number of methoxy groups -OCH3 is 1. The van der Waals surface area contributed by atoms with Gasteiger partial charge in [-0.15, -0.1) is 0 Å². The first-order valence-corrected chi connectivity index (χ1v) is 6.41. The Hall–Kier alpha value is -1.22. The van der Waals surface area contributed by atoms with E-state index >= 15 is 0 Å². The van der Waals surface area contributed by atoms with Gasteiger partial charge in [0.25, 0.3) is 0 Å². The zero-order chi connectivity index (χ0) is 13.7. The van der Waals surface area contributed by atoms with Crippen LogP contribution in [0.5, 0.6) is 5.75 Å². The van der Waals surface area contributed by atoms with Crippen molar-refractivity contribution in [2.24, 2.45) is 5.92 Å². The maximum absolute atomic E-state index is 11.5. The second-order valence-corrected chi connectivity index (χ2v) is 5.03. The molecule has 0 fully saturated rings. The molecule has 0 radical (unpaired) electrons. The summed E-state index contributed by atoms with van der Waals surface area (Å²) >= 11 is 6.12. The summed E-state index contributed by atoms with van der Waals surface area (Å²) in [5, 5.41) is 3.24. The van der Waals surface area contributed by atoms with Crippen molar-refractivity contribution in [1.29, 1.82) is 0 Å². The molecule has 1 atom stereocenters. The summed E-state index contributed by atoms with van der Waals surface area (Å²) in [4.78, 5) is 11.5. The van der Waals surface area contributed by atoms with Gasteiger partial charge in [0.2, 0.25) is 5.91 Å². The van der Waals surface area contributed by atoms with Crippen molar-refractivity contribution >= 4 is 17.5 Å². The van der Waals surface area contributed by atoms with Gasteiger partial charge in [0.1, 0.15) is 5.75 Å². The number of hydrogen-bond donors (Lipinski definition) is 1. The Labute approximate surface area is 113 Å². The highest BCUT2D eigenvalue weighted by Crippen LogP contribution is 2.33. The lowest BCUT2D eigenvalue weighted by atomic mass is 9.85. The maximum atomic E-state index is 11.5. The number of nitrogens with one attached hydrogen (secondary N) is 1. The molecular weight excluding hydrogens is 250 g/mol. The summed E-state index contributed by atoms with van der Waals surface area (Å²) in [6.45, 7) is 4.21. The number of halogens is 1. The van der Waals surface area contributed by atoms with Gasteiger partial charge in [-0.2, -0.15) is 0 Å². The van der Waals surface area contributed by atoms with E-state index in [2.05, 4.69) is 19.2 Å². The summed E-state index contributed by atoms with van der Waals surface area (Å²) in [5.41, 5.74) is 1.07. The largest absolute Gasteiger partial charge is 0.495 e. The molecule has 0 spiro atoms. The van der Waals surface area contributed by atoms with Gasteiger partial charge >= 0.3 is 0 Å². The van der Waals surface area contributed by atoms with Crippen molar-refractivity contribution in [3.8, 4) is 5.75 Å². The molecule has 0 heterocycles. The number of carbonyl (C=O) groups is 1. The van der Waals surface area contributed by atoms with Crippen LogP contribution in [-0.4, -0.2) is 20.1 Å². The number of carbonyl (C=O) groups excluding carboxylic acids is 1. The Bertz CT molecular complexity index is 418. The van der Waals surface area contributed by atoms with E-state index in [1.54, 1.807) is 14.2 Å². The predicted molar refractivity (Wildman–Crippen MR) is 74.3 cm³/mol. The van der Waals surface area contributed by atoms with Crippen molar-refractivity contribution in [3.05, 3.63) is 28.8 Å². The van der Waals surface area contributed by atoms with Gasteiger partial charge in [0, 0.05) is 13.5 Å². The van der Waals surface area contributed by atoms with Crippen molar-refractivity contribution in [3.63, 3.8) is 0 Å². The third-order valence-electron chi connectivity index (χ3n) is 3.09. The average Bonchev–Trinajstić information content (AvgIpc) is 2.35. The highest BCUT2D eigenvalue weighted by atomic mass is 35.5. The Balaban J connectivity index is 2.99. The lowest BCUT2D eigenvalue weighted by Crippen LogP contribution is -2.22. The highest BCUT2D eigenvalue weighted by Gasteiger charge is 2.20. The van der Waals surface area contributed by atoms with E-state index in [0.29, 0.717) is 23.1 Å². The van der Waals surface area contributed by atoms with E-state index in [1.807, 2.05) is 18.2 Å². The molecule has 1 rings (SSSR count). The third kappa shape index (κ3) is 3.64. The van der Waals surface area contributed by atoms with Crippen LogP contribution >= 0.6 is 11.6 Å². The molecule has 0 aliphatic rings. The second kappa shape index (κ2) is 6.64. The quantitative estimate of drug-likeness (QED) is 0.891. The number of ether oxygens (including phenoxy) is 1.